The Labute approximate surface area is 258 Å². The van der Waals surface area contributed by atoms with Gasteiger partial charge >= 0.3 is 0 Å². The third-order valence-corrected chi connectivity index (χ3v) is 8.27. The second-order valence-electron chi connectivity index (χ2n) is 11.4. The van der Waals surface area contributed by atoms with Crippen molar-refractivity contribution in [2.24, 2.45) is 0 Å². The third kappa shape index (κ3) is 4.89. The Hall–Kier alpha value is -5.01. The van der Waals surface area contributed by atoms with Gasteiger partial charge in [0.05, 0.1) is 29.8 Å². The number of pyridine rings is 2. The number of anilines is 2. The maximum Gasteiger partial charge on any atom is 0.138 e. The highest BCUT2D eigenvalue weighted by Crippen LogP contribution is 2.45. The van der Waals surface area contributed by atoms with Crippen LogP contribution in [0.3, 0.4) is 0 Å². The number of morpholine rings is 1. The van der Waals surface area contributed by atoms with Crippen LogP contribution in [-0.4, -0.2) is 52.1 Å². The molecule has 0 radical (unpaired) electrons. The minimum Gasteiger partial charge on any atom is -0.378 e. The van der Waals surface area contributed by atoms with Gasteiger partial charge < -0.3 is 15.0 Å². The topological polar surface area (TPSA) is 68.1 Å². The summed E-state index contributed by atoms with van der Waals surface area (Å²) in [7, 11) is 0. The van der Waals surface area contributed by atoms with E-state index in [2.05, 4.69) is 138 Å². The minimum atomic E-state index is -0.779. The zero-order valence-corrected chi connectivity index (χ0v) is 25.1. The summed E-state index contributed by atoms with van der Waals surface area (Å²) in [6.45, 7) is 7.39. The number of hydrogen-bond donors (Lipinski definition) is 1. The molecular formula is C37H36N6O. The summed E-state index contributed by atoms with van der Waals surface area (Å²) in [4.78, 5) is 12.1. The molecule has 7 rings (SSSR count). The average molecular weight is 581 g/mol. The molecule has 1 aliphatic heterocycles. The Morgan fingerprint density at radius 3 is 1.86 bits per heavy atom. The molecule has 1 aliphatic rings. The maximum atomic E-state index is 5.62. The van der Waals surface area contributed by atoms with E-state index in [1.807, 2.05) is 12.4 Å². The molecule has 1 saturated heterocycles. The second kappa shape index (κ2) is 11.9. The molecule has 3 aromatic heterocycles. The zero-order valence-electron chi connectivity index (χ0n) is 25.1. The number of nitrogens with zero attached hydrogens (tertiary/aromatic N) is 5. The molecule has 3 aromatic carbocycles. The second-order valence-corrected chi connectivity index (χ2v) is 11.4. The molecule has 0 spiro atoms. The summed E-state index contributed by atoms with van der Waals surface area (Å²) in [6.07, 6.45) is 3.76. The van der Waals surface area contributed by atoms with Gasteiger partial charge in [-0.15, -0.1) is 0 Å². The molecule has 1 N–H and O–H groups in total. The van der Waals surface area contributed by atoms with E-state index >= 15 is 0 Å². The van der Waals surface area contributed by atoms with Gasteiger partial charge in [-0.1, -0.05) is 91.0 Å². The van der Waals surface area contributed by atoms with Crippen molar-refractivity contribution in [2.75, 3.05) is 36.5 Å². The predicted octanol–water partition coefficient (Wildman–Crippen LogP) is 6.99. The van der Waals surface area contributed by atoms with Crippen LogP contribution in [0, 0.1) is 0 Å². The van der Waals surface area contributed by atoms with Gasteiger partial charge in [-0.3, -0.25) is 4.98 Å². The van der Waals surface area contributed by atoms with Gasteiger partial charge in [0.25, 0.3) is 0 Å². The summed E-state index contributed by atoms with van der Waals surface area (Å²) < 4.78 is 7.81. The fraction of sp³-hybridized carbons (Fsp3) is 0.216. The van der Waals surface area contributed by atoms with Crippen LogP contribution >= 0.6 is 0 Å². The van der Waals surface area contributed by atoms with Gasteiger partial charge in [0.15, 0.2) is 0 Å². The Kier molecular flexibility index (Phi) is 7.54. The van der Waals surface area contributed by atoms with Gasteiger partial charge in [-0.05, 0) is 48.7 Å². The smallest absolute Gasteiger partial charge is 0.138 e. The molecule has 0 amide bonds. The molecular weight excluding hydrogens is 544 g/mol. The predicted molar refractivity (Wildman–Crippen MR) is 177 cm³/mol. The number of nitrogens with one attached hydrogen (secondary N) is 1. The van der Waals surface area contributed by atoms with Crippen LogP contribution in [0.25, 0.3) is 22.3 Å². The molecule has 0 aliphatic carbocycles. The number of rotatable bonds is 8. The van der Waals surface area contributed by atoms with Crippen LogP contribution in [0.5, 0.6) is 0 Å². The standard InChI is InChI=1S/C37H36N6O/c1-27(2)40-36-34-33(19-21-39-36)43(41-35(34)32-26-31(18-20-38-32)42-22-24-44-25-23-42)37(28-12-6-3-7-13-28,29-14-8-4-9-15-29)30-16-10-5-11-17-30/h3-21,26-27H,22-25H2,1-2H3,(H,39,40). The van der Waals surface area contributed by atoms with Crippen LogP contribution in [-0.2, 0) is 10.3 Å². The van der Waals surface area contributed by atoms with Crippen molar-refractivity contribution in [2.45, 2.75) is 25.4 Å². The normalized spacial score (nSPS) is 13.8. The summed E-state index contributed by atoms with van der Waals surface area (Å²) in [5.41, 5.74) is 6.23. The molecule has 7 heteroatoms. The number of benzene rings is 3. The van der Waals surface area contributed by atoms with Gasteiger partial charge in [0.2, 0.25) is 0 Å². The highest BCUT2D eigenvalue weighted by Gasteiger charge is 2.41. The lowest BCUT2D eigenvalue weighted by Crippen LogP contribution is -2.38. The molecule has 0 bridgehead atoms. The van der Waals surface area contributed by atoms with E-state index in [-0.39, 0.29) is 6.04 Å². The number of ether oxygens (including phenoxy) is 1. The van der Waals surface area contributed by atoms with E-state index in [0.29, 0.717) is 0 Å². The summed E-state index contributed by atoms with van der Waals surface area (Å²) in [6, 6.07) is 38.4. The summed E-state index contributed by atoms with van der Waals surface area (Å²) in [5, 5.41) is 10.1. The fourth-order valence-corrected chi connectivity index (χ4v) is 6.36. The lowest BCUT2D eigenvalue weighted by Gasteiger charge is -2.37. The van der Waals surface area contributed by atoms with Gasteiger partial charge in [0, 0.05) is 37.2 Å². The molecule has 0 unspecified atom stereocenters. The first-order valence-corrected chi connectivity index (χ1v) is 15.3. The van der Waals surface area contributed by atoms with Crippen molar-refractivity contribution in [3.8, 4) is 11.4 Å². The fourth-order valence-electron chi connectivity index (χ4n) is 6.36. The van der Waals surface area contributed by atoms with Crippen LogP contribution in [0.2, 0.25) is 0 Å². The first kappa shape index (κ1) is 27.8. The highest BCUT2D eigenvalue weighted by molar-refractivity contribution is 6.01. The Morgan fingerprint density at radius 1 is 0.727 bits per heavy atom. The van der Waals surface area contributed by atoms with E-state index in [9.17, 15) is 0 Å². The third-order valence-electron chi connectivity index (χ3n) is 8.27. The van der Waals surface area contributed by atoms with Crippen molar-refractivity contribution < 1.29 is 4.74 Å². The van der Waals surface area contributed by atoms with Crippen molar-refractivity contribution in [1.82, 2.24) is 19.7 Å². The Morgan fingerprint density at radius 2 is 1.30 bits per heavy atom. The van der Waals surface area contributed by atoms with Crippen LogP contribution in [0.15, 0.2) is 122 Å². The maximum absolute atomic E-state index is 5.62. The van der Waals surface area contributed by atoms with Crippen molar-refractivity contribution in [3.05, 3.63) is 138 Å². The van der Waals surface area contributed by atoms with E-state index in [1.54, 1.807) is 0 Å². The van der Waals surface area contributed by atoms with Crippen molar-refractivity contribution in [1.29, 1.82) is 0 Å². The SMILES string of the molecule is CC(C)Nc1nccc2c1c(-c1cc(N3CCOCC3)ccn1)nn2C(c1ccccc1)(c1ccccc1)c1ccccc1. The number of aromatic nitrogens is 4. The largest absolute Gasteiger partial charge is 0.378 e. The van der Waals surface area contributed by atoms with Gasteiger partial charge in [-0.25, -0.2) is 9.67 Å². The van der Waals surface area contributed by atoms with Crippen molar-refractivity contribution in [3.63, 3.8) is 0 Å². The van der Waals surface area contributed by atoms with Crippen LogP contribution < -0.4 is 10.2 Å². The molecule has 7 nitrogen and oxygen atoms in total. The molecule has 1 fully saturated rings. The van der Waals surface area contributed by atoms with E-state index in [1.165, 1.54) is 0 Å². The highest BCUT2D eigenvalue weighted by atomic mass is 16.5. The van der Waals surface area contributed by atoms with Crippen LogP contribution in [0.4, 0.5) is 11.5 Å². The molecule has 44 heavy (non-hydrogen) atoms. The van der Waals surface area contributed by atoms with Crippen molar-refractivity contribution >= 4 is 22.4 Å². The quantitative estimate of drug-likeness (QED) is 0.196. The number of fused-ring (bicyclic) bond motifs is 1. The Balaban J connectivity index is 1.57. The van der Waals surface area contributed by atoms with E-state index in [4.69, 9.17) is 19.8 Å². The zero-order chi connectivity index (χ0) is 29.9. The minimum absolute atomic E-state index is 0.180. The molecule has 6 aromatic rings. The monoisotopic (exact) mass is 580 g/mol. The lowest BCUT2D eigenvalue weighted by atomic mass is 9.77. The first-order chi connectivity index (χ1) is 21.7. The summed E-state index contributed by atoms with van der Waals surface area (Å²) >= 11 is 0. The van der Waals surface area contributed by atoms with Gasteiger partial charge in [0.1, 0.15) is 17.1 Å². The van der Waals surface area contributed by atoms with Crippen LogP contribution in [0.1, 0.15) is 30.5 Å². The van der Waals surface area contributed by atoms with E-state index < -0.39 is 5.54 Å². The lowest BCUT2D eigenvalue weighted by molar-refractivity contribution is 0.122. The molecule has 220 valence electrons. The first-order valence-electron chi connectivity index (χ1n) is 15.3. The molecule has 0 saturated carbocycles. The number of hydrogen-bond acceptors (Lipinski definition) is 6. The molecule has 4 heterocycles. The molecule has 0 atom stereocenters. The average Bonchev–Trinajstić information content (AvgIpc) is 3.48. The van der Waals surface area contributed by atoms with Gasteiger partial charge in [-0.2, -0.15) is 5.10 Å². The Bertz CT molecular complexity index is 1750. The summed E-state index contributed by atoms with van der Waals surface area (Å²) in [5.74, 6) is 0.792. The van der Waals surface area contributed by atoms with E-state index in [0.717, 1.165) is 76.8 Å².